The molecule has 1 fully saturated rings. The molecule has 20 heavy (non-hydrogen) atoms. The normalized spacial score (nSPS) is 23.4. The van der Waals surface area contributed by atoms with E-state index in [1.54, 1.807) is 0 Å². The Morgan fingerprint density at radius 1 is 1.30 bits per heavy atom. The molecular weight excluding hydrogens is 271 g/mol. The van der Waals surface area contributed by atoms with Crippen LogP contribution in [-0.4, -0.2) is 11.1 Å². The zero-order chi connectivity index (χ0) is 14.8. The van der Waals surface area contributed by atoms with Gasteiger partial charge in [0.1, 0.15) is 11.9 Å². The molecule has 2 unspecified atom stereocenters. The number of nitrogens with zero attached hydrogens (tertiary/aromatic N) is 1. The van der Waals surface area contributed by atoms with Gasteiger partial charge in [-0.3, -0.25) is 0 Å². The highest BCUT2D eigenvalue weighted by atomic mass is 19.4. The van der Waals surface area contributed by atoms with Crippen molar-refractivity contribution in [1.82, 2.24) is 4.98 Å². The van der Waals surface area contributed by atoms with Gasteiger partial charge >= 0.3 is 6.18 Å². The van der Waals surface area contributed by atoms with Crippen molar-refractivity contribution in [2.24, 2.45) is 11.8 Å². The number of aromatic nitrogens is 1. The largest absolute Gasteiger partial charge is 0.474 e. The minimum Gasteiger partial charge on any atom is -0.474 e. The van der Waals surface area contributed by atoms with Gasteiger partial charge in [0, 0.05) is 6.07 Å². The van der Waals surface area contributed by atoms with Crippen LogP contribution in [0.3, 0.4) is 0 Å². The first kappa shape index (κ1) is 14.9. The minimum atomic E-state index is -4.45. The Labute approximate surface area is 115 Å². The maximum Gasteiger partial charge on any atom is 0.416 e. The fraction of sp³-hybridized carbons (Fsp3) is 0.615. The summed E-state index contributed by atoms with van der Waals surface area (Å²) in [5.41, 5.74) is 1.32. The molecule has 1 aliphatic carbocycles. The molecule has 4 nitrogen and oxygen atoms in total. The number of hydrazine groups is 1. The average molecular weight is 289 g/mol. The average Bonchev–Trinajstić information content (AvgIpc) is 2.40. The highest BCUT2D eigenvalue weighted by Gasteiger charge is 2.32. The van der Waals surface area contributed by atoms with E-state index in [-0.39, 0.29) is 17.8 Å². The zero-order valence-electron chi connectivity index (χ0n) is 11.2. The smallest absolute Gasteiger partial charge is 0.416 e. The third-order valence-electron chi connectivity index (χ3n) is 3.58. The minimum absolute atomic E-state index is 0.0356. The number of nitrogens with two attached hydrogens (primary N) is 1. The van der Waals surface area contributed by atoms with E-state index in [1.165, 1.54) is 0 Å². The number of ether oxygens (including phenoxy) is 1. The number of pyridine rings is 1. The molecule has 1 saturated carbocycles. The van der Waals surface area contributed by atoms with Crippen LogP contribution in [-0.2, 0) is 6.18 Å². The second-order valence-electron chi connectivity index (χ2n) is 5.14. The molecule has 0 amide bonds. The van der Waals surface area contributed by atoms with Gasteiger partial charge in [-0.2, -0.15) is 18.2 Å². The lowest BCUT2D eigenvalue weighted by atomic mass is 9.88. The molecule has 7 heteroatoms. The Morgan fingerprint density at radius 3 is 2.60 bits per heavy atom. The van der Waals surface area contributed by atoms with Crippen LogP contribution in [0, 0.1) is 5.92 Å². The number of nitrogens with one attached hydrogen (secondary N) is 1. The third-order valence-corrected chi connectivity index (χ3v) is 3.58. The Kier molecular flexibility index (Phi) is 4.37. The molecule has 3 N–H and O–H groups in total. The molecule has 1 heterocycles. The molecule has 0 bridgehead atoms. The number of hydrogen-bond acceptors (Lipinski definition) is 4. The van der Waals surface area contributed by atoms with Crippen molar-refractivity contribution in [2.75, 3.05) is 5.43 Å². The topological polar surface area (TPSA) is 60.2 Å². The predicted octanol–water partition coefficient (Wildman–Crippen LogP) is 3.34. The molecule has 0 radical (unpaired) electrons. The fourth-order valence-electron chi connectivity index (χ4n) is 2.42. The van der Waals surface area contributed by atoms with Crippen LogP contribution in [0.2, 0.25) is 0 Å². The maximum absolute atomic E-state index is 12.8. The zero-order valence-corrected chi connectivity index (χ0v) is 11.2. The summed E-state index contributed by atoms with van der Waals surface area (Å²) in [5.74, 6) is 5.38. The molecule has 0 aromatic carbocycles. The Balaban J connectivity index is 2.22. The number of halogens is 3. The van der Waals surface area contributed by atoms with Crippen LogP contribution < -0.4 is 16.0 Å². The molecule has 0 aliphatic heterocycles. The number of hydrogen-bond donors (Lipinski definition) is 2. The molecule has 2 rings (SSSR count). The first-order valence-corrected chi connectivity index (χ1v) is 6.62. The summed E-state index contributed by atoms with van der Waals surface area (Å²) in [6.07, 6.45) is -0.533. The first-order valence-electron chi connectivity index (χ1n) is 6.62. The van der Waals surface area contributed by atoms with Crippen LogP contribution in [0.25, 0.3) is 0 Å². The first-order chi connectivity index (χ1) is 9.40. The van der Waals surface area contributed by atoms with E-state index in [0.717, 1.165) is 37.8 Å². The van der Waals surface area contributed by atoms with Gasteiger partial charge in [-0.05, 0) is 31.2 Å². The van der Waals surface area contributed by atoms with Crippen LogP contribution in [0.5, 0.6) is 5.88 Å². The lowest BCUT2D eigenvalue weighted by molar-refractivity contribution is -0.137. The van der Waals surface area contributed by atoms with Gasteiger partial charge in [-0.1, -0.05) is 13.3 Å². The lowest BCUT2D eigenvalue weighted by Crippen LogP contribution is -2.29. The summed E-state index contributed by atoms with van der Waals surface area (Å²) in [5, 5.41) is 0. The quantitative estimate of drug-likeness (QED) is 0.662. The summed E-state index contributed by atoms with van der Waals surface area (Å²) >= 11 is 0. The van der Waals surface area contributed by atoms with E-state index in [0.29, 0.717) is 5.92 Å². The predicted molar refractivity (Wildman–Crippen MR) is 69.1 cm³/mol. The standard InChI is InChI=1S/C13H18F3N3O/c1-8-4-2-3-5-10(8)20-12-7-9(13(14,15)16)6-11(18-12)19-17/h6-8,10H,2-5,17H2,1H3,(H,18,19). The molecule has 2 atom stereocenters. The second-order valence-corrected chi connectivity index (χ2v) is 5.14. The molecule has 0 spiro atoms. The summed E-state index contributed by atoms with van der Waals surface area (Å²) in [6.45, 7) is 2.04. The Bertz CT molecular complexity index is 465. The number of anilines is 1. The van der Waals surface area contributed by atoms with Gasteiger partial charge in [0.25, 0.3) is 0 Å². The summed E-state index contributed by atoms with van der Waals surface area (Å²) in [6, 6.07) is 1.78. The Morgan fingerprint density at radius 2 is 2.00 bits per heavy atom. The molecule has 0 saturated heterocycles. The van der Waals surface area contributed by atoms with Gasteiger partial charge in [-0.15, -0.1) is 0 Å². The van der Waals surface area contributed by atoms with Crippen molar-refractivity contribution in [2.45, 2.75) is 44.9 Å². The SMILES string of the molecule is CC1CCCCC1Oc1cc(C(F)(F)F)cc(NN)n1. The van der Waals surface area contributed by atoms with Crippen LogP contribution in [0.4, 0.5) is 19.0 Å². The highest BCUT2D eigenvalue weighted by Crippen LogP contribution is 2.34. The third kappa shape index (κ3) is 3.53. The summed E-state index contributed by atoms with van der Waals surface area (Å²) < 4.78 is 44.0. The fourth-order valence-corrected chi connectivity index (χ4v) is 2.42. The summed E-state index contributed by atoms with van der Waals surface area (Å²) in [4.78, 5) is 3.94. The van der Waals surface area contributed by atoms with Crippen molar-refractivity contribution in [3.8, 4) is 5.88 Å². The van der Waals surface area contributed by atoms with Gasteiger partial charge < -0.3 is 10.2 Å². The van der Waals surface area contributed by atoms with Crippen molar-refractivity contribution in [1.29, 1.82) is 0 Å². The summed E-state index contributed by atoms with van der Waals surface area (Å²) in [7, 11) is 0. The van der Waals surface area contributed by atoms with E-state index < -0.39 is 11.7 Å². The van der Waals surface area contributed by atoms with Crippen molar-refractivity contribution >= 4 is 5.82 Å². The van der Waals surface area contributed by atoms with Gasteiger partial charge in [0.2, 0.25) is 5.88 Å². The van der Waals surface area contributed by atoms with Gasteiger partial charge in [-0.25, -0.2) is 5.84 Å². The van der Waals surface area contributed by atoms with Crippen molar-refractivity contribution < 1.29 is 17.9 Å². The number of alkyl halides is 3. The van der Waals surface area contributed by atoms with E-state index in [1.807, 2.05) is 6.92 Å². The molecule has 1 aromatic heterocycles. The molecule has 112 valence electrons. The Hall–Kier alpha value is -1.50. The molecule has 1 aliphatic rings. The number of nitrogen functional groups attached to an aromatic ring is 1. The van der Waals surface area contributed by atoms with E-state index in [2.05, 4.69) is 10.4 Å². The van der Waals surface area contributed by atoms with Gasteiger partial charge in [0.05, 0.1) is 5.56 Å². The van der Waals surface area contributed by atoms with E-state index >= 15 is 0 Å². The second kappa shape index (κ2) is 5.87. The van der Waals surface area contributed by atoms with Crippen molar-refractivity contribution in [3.05, 3.63) is 17.7 Å². The monoisotopic (exact) mass is 289 g/mol. The van der Waals surface area contributed by atoms with Crippen LogP contribution >= 0.6 is 0 Å². The van der Waals surface area contributed by atoms with Crippen LogP contribution in [0.1, 0.15) is 38.2 Å². The van der Waals surface area contributed by atoms with Crippen LogP contribution in [0.15, 0.2) is 12.1 Å². The van der Waals surface area contributed by atoms with Crippen molar-refractivity contribution in [3.63, 3.8) is 0 Å². The lowest BCUT2D eigenvalue weighted by Gasteiger charge is -2.29. The van der Waals surface area contributed by atoms with Gasteiger partial charge in [0.15, 0.2) is 0 Å². The number of rotatable bonds is 3. The van der Waals surface area contributed by atoms with E-state index in [4.69, 9.17) is 10.6 Å². The van der Waals surface area contributed by atoms with E-state index in [9.17, 15) is 13.2 Å². The maximum atomic E-state index is 12.8. The molecular formula is C13H18F3N3O. The molecule has 1 aromatic rings. The highest BCUT2D eigenvalue weighted by molar-refractivity contribution is 5.41.